The summed E-state index contributed by atoms with van der Waals surface area (Å²) in [5.74, 6) is 0.0853. The van der Waals surface area contributed by atoms with Gasteiger partial charge in [0, 0.05) is 45.1 Å². The number of rotatable bonds is 5. The van der Waals surface area contributed by atoms with Gasteiger partial charge >= 0.3 is 0 Å². The molecule has 1 aromatic rings. The molecular formula is C15H23N3O3S. The summed E-state index contributed by atoms with van der Waals surface area (Å²) in [6.07, 6.45) is 1.31. The van der Waals surface area contributed by atoms with Crippen molar-refractivity contribution in [1.29, 1.82) is 0 Å². The van der Waals surface area contributed by atoms with Crippen LogP contribution in [0.25, 0.3) is 0 Å². The van der Waals surface area contributed by atoms with Gasteiger partial charge in [0.2, 0.25) is 15.9 Å². The van der Waals surface area contributed by atoms with E-state index in [1.54, 1.807) is 4.90 Å². The second kappa shape index (κ2) is 6.76. The Balaban J connectivity index is 1.93. The number of carbonyl (C=O) groups is 1. The van der Waals surface area contributed by atoms with Crippen LogP contribution in [0.4, 0.5) is 0 Å². The number of carbonyl (C=O) groups excluding carboxylic acids is 1. The zero-order valence-corrected chi connectivity index (χ0v) is 13.8. The van der Waals surface area contributed by atoms with Gasteiger partial charge in [0.25, 0.3) is 0 Å². The molecule has 0 spiro atoms. The molecule has 0 aliphatic carbocycles. The minimum absolute atomic E-state index is 0.0515. The minimum Gasteiger partial charge on any atom is -0.340 e. The number of likely N-dealkylation sites (tertiary alicyclic amines) is 1. The summed E-state index contributed by atoms with van der Waals surface area (Å²) < 4.78 is 23.9. The lowest BCUT2D eigenvalue weighted by atomic mass is 9.95. The minimum atomic E-state index is -3.25. The normalized spacial score (nSPS) is 22.3. The highest BCUT2D eigenvalue weighted by atomic mass is 32.2. The van der Waals surface area contributed by atoms with E-state index in [-0.39, 0.29) is 30.8 Å². The largest absolute Gasteiger partial charge is 0.340 e. The van der Waals surface area contributed by atoms with Crippen LogP contribution in [0.3, 0.4) is 0 Å². The van der Waals surface area contributed by atoms with Crippen LogP contribution in [0, 0.1) is 0 Å². The van der Waals surface area contributed by atoms with Crippen LogP contribution in [-0.4, -0.2) is 62.5 Å². The molecule has 0 unspecified atom stereocenters. The molecule has 0 saturated carbocycles. The Morgan fingerprint density at radius 3 is 2.55 bits per heavy atom. The fourth-order valence-electron chi connectivity index (χ4n) is 2.66. The molecule has 1 amide bonds. The number of amides is 1. The Kier molecular flexibility index (Phi) is 5.20. The summed E-state index contributed by atoms with van der Waals surface area (Å²) in [6, 6.07) is 9.85. The Hall–Kier alpha value is -1.44. The average molecular weight is 325 g/mol. The standard InChI is InChI=1S/C15H23N3O3S/c1-17(22(2,20)21)9-8-15(19)18-10-13(14(16)11-18)12-6-4-3-5-7-12/h3-7,13-14H,8-11,16H2,1-2H3/t13-,14+/m1/s1. The highest BCUT2D eigenvalue weighted by Crippen LogP contribution is 2.26. The molecule has 122 valence electrons. The lowest BCUT2D eigenvalue weighted by Gasteiger charge is -2.19. The highest BCUT2D eigenvalue weighted by molar-refractivity contribution is 7.88. The van der Waals surface area contributed by atoms with Crippen molar-refractivity contribution in [2.24, 2.45) is 5.73 Å². The van der Waals surface area contributed by atoms with Gasteiger partial charge in [0.05, 0.1) is 6.26 Å². The summed E-state index contributed by atoms with van der Waals surface area (Å²) in [7, 11) is -1.77. The van der Waals surface area contributed by atoms with E-state index in [1.807, 2.05) is 30.3 Å². The highest BCUT2D eigenvalue weighted by Gasteiger charge is 2.33. The number of benzene rings is 1. The van der Waals surface area contributed by atoms with Crippen LogP contribution < -0.4 is 5.73 Å². The molecule has 6 nitrogen and oxygen atoms in total. The van der Waals surface area contributed by atoms with E-state index < -0.39 is 10.0 Å². The molecule has 0 bridgehead atoms. The van der Waals surface area contributed by atoms with Gasteiger partial charge in [-0.3, -0.25) is 4.79 Å². The molecule has 1 aliphatic heterocycles. The van der Waals surface area contributed by atoms with Crippen molar-refractivity contribution >= 4 is 15.9 Å². The molecule has 0 radical (unpaired) electrons. The number of sulfonamides is 1. The number of nitrogens with two attached hydrogens (primary N) is 1. The first kappa shape index (κ1) is 16.9. The summed E-state index contributed by atoms with van der Waals surface area (Å²) in [5, 5.41) is 0. The van der Waals surface area contributed by atoms with Crippen molar-refractivity contribution in [3.8, 4) is 0 Å². The van der Waals surface area contributed by atoms with Crippen molar-refractivity contribution in [2.75, 3.05) is 32.9 Å². The maximum atomic E-state index is 12.2. The van der Waals surface area contributed by atoms with Crippen molar-refractivity contribution in [2.45, 2.75) is 18.4 Å². The van der Waals surface area contributed by atoms with Gasteiger partial charge < -0.3 is 10.6 Å². The predicted octanol–water partition coefficient (Wildman–Crippen LogP) is 0.221. The van der Waals surface area contributed by atoms with E-state index in [0.29, 0.717) is 13.1 Å². The van der Waals surface area contributed by atoms with Crippen molar-refractivity contribution in [1.82, 2.24) is 9.21 Å². The van der Waals surface area contributed by atoms with Crippen LogP contribution in [0.2, 0.25) is 0 Å². The second-order valence-corrected chi connectivity index (χ2v) is 7.90. The van der Waals surface area contributed by atoms with Gasteiger partial charge in [-0.2, -0.15) is 0 Å². The summed E-state index contributed by atoms with van der Waals surface area (Å²) in [5.41, 5.74) is 7.30. The van der Waals surface area contributed by atoms with Crippen LogP contribution in [0.1, 0.15) is 17.9 Å². The topological polar surface area (TPSA) is 83.7 Å². The molecule has 1 heterocycles. The first-order chi connectivity index (χ1) is 10.3. The van der Waals surface area contributed by atoms with E-state index in [4.69, 9.17) is 5.73 Å². The predicted molar refractivity (Wildman–Crippen MR) is 85.8 cm³/mol. The van der Waals surface area contributed by atoms with Crippen LogP contribution in [0.5, 0.6) is 0 Å². The lowest BCUT2D eigenvalue weighted by molar-refractivity contribution is -0.130. The Morgan fingerprint density at radius 2 is 1.95 bits per heavy atom. The smallest absolute Gasteiger partial charge is 0.223 e. The first-order valence-electron chi connectivity index (χ1n) is 7.28. The third kappa shape index (κ3) is 4.06. The Bertz CT molecular complexity index is 618. The van der Waals surface area contributed by atoms with Gasteiger partial charge in [-0.05, 0) is 5.56 Å². The van der Waals surface area contributed by atoms with Gasteiger partial charge in [0.15, 0.2) is 0 Å². The van der Waals surface area contributed by atoms with E-state index >= 15 is 0 Å². The van der Waals surface area contributed by atoms with Crippen LogP contribution in [-0.2, 0) is 14.8 Å². The first-order valence-corrected chi connectivity index (χ1v) is 9.13. The summed E-state index contributed by atoms with van der Waals surface area (Å²) in [4.78, 5) is 14.0. The fourth-order valence-corrected chi connectivity index (χ4v) is 3.09. The molecule has 1 saturated heterocycles. The maximum Gasteiger partial charge on any atom is 0.223 e. The summed E-state index contributed by atoms with van der Waals surface area (Å²) in [6.45, 7) is 1.30. The zero-order valence-electron chi connectivity index (χ0n) is 13.0. The van der Waals surface area contributed by atoms with E-state index in [1.165, 1.54) is 11.4 Å². The van der Waals surface area contributed by atoms with Crippen LogP contribution in [0.15, 0.2) is 30.3 Å². The molecule has 7 heteroatoms. The van der Waals surface area contributed by atoms with Gasteiger partial charge in [-0.1, -0.05) is 30.3 Å². The van der Waals surface area contributed by atoms with Crippen molar-refractivity contribution in [3.63, 3.8) is 0 Å². The van der Waals surface area contributed by atoms with E-state index in [0.717, 1.165) is 11.8 Å². The molecule has 22 heavy (non-hydrogen) atoms. The Morgan fingerprint density at radius 1 is 1.32 bits per heavy atom. The monoisotopic (exact) mass is 325 g/mol. The lowest BCUT2D eigenvalue weighted by Crippen LogP contribution is -2.35. The third-order valence-electron chi connectivity index (χ3n) is 4.15. The summed E-state index contributed by atoms with van der Waals surface area (Å²) >= 11 is 0. The van der Waals surface area contributed by atoms with E-state index in [2.05, 4.69) is 0 Å². The van der Waals surface area contributed by atoms with Gasteiger partial charge in [0.1, 0.15) is 0 Å². The second-order valence-electron chi connectivity index (χ2n) is 5.81. The molecule has 2 rings (SSSR count). The van der Waals surface area contributed by atoms with Crippen molar-refractivity contribution < 1.29 is 13.2 Å². The third-order valence-corrected chi connectivity index (χ3v) is 5.47. The zero-order chi connectivity index (χ0) is 16.3. The van der Waals surface area contributed by atoms with Gasteiger partial charge in [-0.15, -0.1) is 0 Å². The SMILES string of the molecule is CN(CCC(=O)N1C[C@H](c2ccccc2)[C@@H](N)C1)S(C)(=O)=O. The Labute approximate surface area is 131 Å². The van der Waals surface area contributed by atoms with Crippen LogP contribution >= 0.6 is 0 Å². The quantitative estimate of drug-likeness (QED) is 0.839. The fraction of sp³-hybridized carbons (Fsp3) is 0.533. The molecule has 2 N–H and O–H groups in total. The molecular weight excluding hydrogens is 302 g/mol. The average Bonchev–Trinajstić information content (AvgIpc) is 2.86. The number of hydrogen-bond acceptors (Lipinski definition) is 4. The molecule has 2 atom stereocenters. The molecule has 1 aromatic carbocycles. The molecule has 1 fully saturated rings. The number of hydrogen-bond donors (Lipinski definition) is 1. The van der Waals surface area contributed by atoms with Gasteiger partial charge in [-0.25, -0.2) is 12.7 Å². The van der Waals surface area contributed by atoms with Crippen molar-refractivity contribution in [3.05, 3.63) is 35.9 Å². The number of nitrogens with zero attached hydrogens (tertiary/aromatic N) is 2. The molecule has 0 aromatic heterocycles. The molecule has 1 aliphatic rings. The maximum absolute atomic E-state index is 12.2. The van der Waals surface area contributed by atoms with E-state index in [9.17, 15) is 13.2 Å².